The Morgan fingerprint density at radius 3 is 2.78 bits per heavy atom. The molecule has 0 bridgehead atoms. The Morgan fingerprint density at radius 1 is 1.39 bits per heavy atom. The van der Waals surface area contributed by atoms with Crippen LogP contribution in [0.1, 0.15) is 16.8 Å². The van der Waals surface area contributed by atoms with Gasteiger partial charge in [-0.15, -0.1) is 0 Å². The number of benzene rings is 1. The first-order valence-corrected chi connectivity index (χ1v) is 7.39. The van der Waals surface area contributed by atoms with E-state index in [1.54, 1.807) is 6.20 Å². The van der Waals surface area contributed by atoms with Gasteiger partial charge in [-0.2, -0.15) is 0 Å². The van der Waals surface area contributed by atoms with Crippen LogP contribution in [0.25, 0.3) is 0 Å². The summed E-state index contributed by atoms with van der Waals surface area (Å²) in [5, 5.41) is 9.47. The molecule has 0 spiro atoms. The maximum atomic E-state index is 12.7. The zero-order valence-corrected chi connectivity index (χ0v) is 12.5. The molecule has 2 atom stereocenters. The number of carbonyl (C=O) groups excluding carboxylic acids is 1. The third-order valence-corrected chi connectivity index (χ3v) is 4.13. The average molecular weight is 314 g/mol. The predicted molar refractivity (Wildman–Crippen MR) is 82.4 cm³/mol. The van der Waals surface area contributed by atoms with Gasteiger partial charge in [0.25, 0.3) is 0 Å². The second kappa shape index (κ2) is 6.21. The molecule has 4 N–H and O–H groups in total. The SMILES string of the molecule is N[C@@H](Cc1cnc[nH]1)C(=O)N1Cc2ccccc2C[C@H]1C(=O)O. The Morgan fingerprint density at radius 2 is 2.13 bits per heavy atom. The van der Waals surface area contributed by atoms with Crippen LogP contribution < -0.4 is 5.73 Å². The number of H-pyrrole nitrogens is 1. The molecule has 0 aliphatic carbocycles. The van der Waals surface area contributed by atoms with Crippen molar-refractivity contribution in [1.82, 2.24) is 14.9 Å². The summed E-state index contributed by atoms with van der Waals surface area (Å²) in [5.74, 6) is -1.37. The standard InChI is InChI=1S/C16H18N4O3/c17-13(6-12-7-18-9-19-12)15(21)20-8-11-4-2-1-3-10(11)5-14(20)16(22)23/h1-4,7,9,13-14H,5-6,8,17H2,(H,18,19)(H,22,23)/t13-,14-/m0/s1. The summed E-state index contributed by atoms with van der Waals surface area (Å²) in [4.78, 5) is 32.4. The number of nitrogens with zero attached hydrogens (tertiary/aromatic N) is 2. The van der Waals surface area contributed by atoms with Crippen molar-refractivity contribution >= 4 is 11.9 Å². The summed E-state index contributed by atoms with van der Waals surface area (Å²) in [6, 6.07) is 5.88. The minimum Gasteiger partial charge on any atom is -0.480 e. The summed E-state index contributed by atoms with van der Waals surface area (Å²) in [6.07, 6.45) is 3.72. The number of aromatic amines is 1. The highest BCUT2D eigenvalue weighted by Crippen LogP contribution is 2.24. The third kappa shape index (κ3) is 3.09. The summed E-state index contributed by atoms with van der Waals surface area (Å²) >= 11 is 0. The number of nitrogens with one attached hydrogen (secondary N) is 1. The van der Waals surface area contributed by atoms with Crippen molar-refractivity contribution in [3.63, 3.8) is 0 Å². The van der Waals surface area contributed by atoms with Crippen LogP contribution in [-0.2, 0) is 29.0 Å². The maximum absolute atomic E-state index is 12.7. The van der Waals surface area contributed by atoms with Crippen molar-refractivity contribution in [2.45, 2.75) is 31.5 Å². The van der Waals surface area contributed by atoms with E-state index >= 15 is 0 Å². The number of fused-ring (bicyclic) bond motifs is 1. The van der Waals surface area contributed by atoms with Gasteiger partial charge in [0.2, 0.25) is 5.91 Å². The maximum Gasteiger partial charge on any atom is 0.326 e. The molecule has 0 saturated carbocycles. The van der Waals surface area contributed by atoms with Crippen LogP contribution in [0.4, 0.5) is 0 Å². The second-order valence-corrected chi connectivity index (χ2v) is 5.68. The van der Waals surface area contributed by atoms with Gasteiger partial charge in [0.15, 0.2) is 0 Å². The molecule has 0 fully saturated rings. The molecule has 0 saturated heterocycles. The summed E-state index contributed by atoms with van der Waals surface area (Å²) in [6.45, 7) is 0.267. The highest BCUT2D eigenvalue weighted by Gasteiger charge is 2.36. The van der Waals surface area contributed by atoms with E-state index in [0.29, 0.717) is 12.8 Å². The molecule has 1 aliphatic heterocycles. The van der Waals surface area contributed by atoms with E-state index in [-0.39, 0.29) is 12.5 Å². The van der Waals surface area contributed by atoms with Gasteiger partial charge in [0.05, 0.1) is 12.4 Å². The van der Waals surface area contributed by atoms with Gasteiger partial charge in [-0.1, -0.05) is 24.3 Å². The van der Waals surface area contributed by atoms with Crippen molar-refractivity contribution < 1.29 is 14.7 Å². The lowest BCUT2D eigenvalue weighted by Gasteiger charge is -2.35. The molecule has 2 heterocycles. The molecule has 7 nitrogen and oxygen atoms in total. The number of aliphatic carboxylic acids is 1. The first-order chi connectivity index (χ1) is 11.1. The highest BCUT2D eigenvalue weighted by atomic mass is 16.4. The average Bonchev–Trinajstić information content (AvgIpc) is 3.05. The third-order valence-electron chi connectivity index (χ3n) is 4.13. The topological polar surface area (TPSA) is 112 Å². The van der Waals surface area contributed by atoms with E-state index in [2.05, 4.69) is 9.97 Å². The Bertz CT molecular complexity index is 714. The lowest BCUT2D eigenvalue weighted by molar-refractivity contribution is -0.152. The van der Waals surface area contributed by atoms with Crippen molar-refractivity contribution in [1.29, 1.82) is 0 Å². The van der Waals surface area contributed by atoms with Gasteiger partial charge < -0.3 is 20.7 Å². The molecule has 7 heteroatoms. The number of rotatable bonds is 4. The predicted octanol–water partition coefficient (Wildman–Crippen LogP) is 0.318. The number of carbonyl (C=O) groups is 2. The fourth-order valence-electron chi connectivity index (χ4n) is 2.91. The smallest absolute Gasteiger partial charge is 0.326 e. The summed E-state index contributed by atoms with van der Waals surface area (Å²) in [7, 11) is 0. The van der Waals surface area contributed by atoms with Crippen LogP contribution in [0.2, 0.25) is 0 Å². The van der Waals surface area contributed by atoms with Crippen LogP contribution in [0.5, 0.6) is 0 Å². The van der Waals surface area contributed by atoms with Gasteiger partial charge in [0, 0.05) is 31.3 Å². The Balaban J connectivity index is 1.81. The fourth-order valence-corrected chi connectivity index (χ4v) is 2.91. The number of aromatic nitrogens is 2. The first kappa shape index (κ1) is 15.2. The first-order valence-electron chi connectivity index (χ1n) is 7.39. The molecule has 1 aliphatic rings. The second-order valence-electron chi connectivity index (χ2n) is 5.68. The summed E-state index contributed by atoms with van der Waals surface area (Å²) in [5.41, 5.74) is 8.66. The molecular weight excluding hydrogens is 296 g/mol. The van der Waals surface area contributed by atoms with Gasteiger partial charge in [-0.05, 0) is 11.1 Å². The van der Waals surface area contributed by atoms with Gasteiger partial charge in [0.1, 0.15) is 6.04 Å². The summed E-state index contributed by atoms with van der Waals surface area (Å²) < 4.78 is 0. The Labute approximate surface area is 133 Å². The van der Waals surface area contributed by atoms with Crippen LogP contribution in [-0.4, -0.2) is 43.9 Å². The molecule has 0 radical (unpaired) electrons. The van der Waals surface area contributed by atoms with Crippen LogP contribution >= 0.6 is 0 Å². The molecule has 3 rings (SSSR count). The number of imidazole rings is 1. The van der Waals surface area contributed by atoms with Crippen LogP contribution in [0.3, 0.4) is 0 Å². The largest absolute Gasteiger partial charge is 0.480 e. The molecule has 1 aromatic carbocycles. The lowest BCUT2D eigenvalue weighted by Crippen LogP contribution is -2.54. The van der Waals surface area contributed by atoms with Crippen LogP contribution in [0, 0.1) is 0 Å². The van der Waals surface area contributed by atoms with Crippen molar-refractivity contribution in [3.8, 4) is 0 Å². The zero-order valence-electron chi connectivity index (χ0n) is 12.5. The lowest BCUT2D eigenvalue weighted by atomic mass is 9.93. The molecule has 1 amide bonds. The zero-order chi connectivity index (χ0) is 16.4. The monoisotopic (exact) mass is 314 g/mol. The minimum absolute atomic E-state index is 0.267. The van der Waals surface area contributed by atoms with E-state index < -0.39 is 18.1 Å². The molecular formula is C16H18N4O3. The Hall–Kier alpha value is -2.67. The van der Waals surface area contributed by atoms with Gasteiger partial charge in [-0.3, -0.25) is 4.79 Å². The molecule has 2 aromatic rings. The van der Waals surface area contributed by atoms with Gasteiger partial charge in [-0.25, -0.2) is 9.78 Å². The normalized spacial score (nSPS) is 18.3. The number of hydrogen-bond acceptors (Lipinski definition) is 4. The molecule has 120 valence electrons. The number of hydrogen-bond donors (Lipinski definition) is 3. The fraction of sp³-hybridized carbons (Fsp3) is 0.312. The quantitative estimate of drug-likeness (QED) is 0.752. The Kier molecular flexibility index (Phi) is 4.12. The number of amides is 1. The van der Waals surface area contributed by atoms with Crippen molar-refractivity contribution in [2.75, 3.05) is 0 Å². The van der Waals surface area contributed by atoms with E-state index in [9.17, 15) is 14.7 Å². The van der Waals surface area contributed by atoms with Crippen molar-refractivity contribution in [3.05, 3.63) is 53.6 Å². The van der Waals surface area contributed by atoms with E-state index in [4.69, 9.17) is 5.73 Å². The highest BCUT2D eigenvalue weighted by molar-refractivity contribution is 5.87. The van der Waals surface area contributed by atoms with E-state index in [1.807, 2.05) is 24.3 Å². The van der Waals surface area contributed by atoms with Gasteiger partial charge >= 0.3 is 5.97 Å². The van der Waals surface area contributed by atoms with E-state index in [1.165, 1.54) is 11.2 Å². The number of nitrogens with two attached hydrogens (primary N) is 1. The molecule has 23 heavy (non-hydrogen) atoms. The number of carboxylic acid groups (broad SMARTS) is 1. The minimum atomic E-state index is -1.01. The number of carboxylic acids is 1. The van der Waals surface area contributed by atoms with Crippen LogP contribution in [0.15, 0.2) is 36.8 Å². The molecule has 1 aromatic heterocycles. The molecule has 0 unspecified atom stereocenters. The van der Waals surface area contributed by atoms with E-state index in [0.717, 1.165) is 16.8 Å². The van der Waals surface area contributed by atoms with Crippen molar-refractivity contribution in [2.24, 2.45) is 5.73 Å².